The number of hydrogen-bond donors (Lipinski definition) is 1. The van der Waals surface area contributed by atoms with E-state index in [1.165, 1.54) is 17.1 Å². The Kier molecular flexibility index (Phi) is 8.51. The molecule has 7 heteroatoms. The Balaban J connectivity index is 0.00000225. The van der Waals surface area contributed by atoms with Crippen LogP contribution in [0.3, 0.4) is 0 Å². The Morgan fingerprint density at radius 2 is 2.20 bits per heavy atom. The summed E-state index contributed by atoms with van der Waals surface area (Å²) >= 11 is 3.66. The number of hydrogen-bond acceptors (Lipinski definition) is 4. The molecule has 2 heterocycles. The van der Waals surface area contributed by atoms with Gasteiger partial charge in [-0.2, -0.15) is 0 Å². The highest BCUT2D eigenvalue weighted by atomic mass is 127. The topological polar surface area (TPSA) is 40.5 Å². The van der Waals surface area contributed by atoms with E-state index in [-0.39, 0.29) is 24.0 Å². The molecule has 1 aromatic heterocycles. The minimum absolute atomic E-state index is 0. The van der Waals surface area contributed by atoms with Gasteiger partial charge in [0.05, 0.1) is 6.54 Å². The van der Waals surface area contributed by atoms with Crippen molar-refractivity contribution in [3.05, 3.63) is 46.4 Å². The minimum atomic E-state index is 0. The van der Waals surface area contributed by atoms with Gasteiger partial charge in [0.25, 0.3) is 0 Å². The van der Waals surface area contributed by atoms with Gasteiger partial charge in [-0.25, -0.2) is 4.98 Å². The lowest BCUT2D eigenvalue weighted by molar-refractivity contribution is 0.474. The Morgan fingerprint density at radius 1 is 1.40 bits per heavy atom. The molecule has 0 spiro atoms. The first-order chi connectivity index (χ1) is 11.7. The number of guanidine groups is 1. The zero-order valence-corrected chi connectivity index (χ0v) is 18.6. The van der Waals surface area contributed by atoms with Crippen LogP contribution in [-0.4, -0.2) is 41.7 Å². The average Bonchev–Trinajstić information content (AvgIpc) is 3.24. The molecule has 0 bridgehead atoms. The van der Waals surface area contributed by atoms with Gasteiger partial charge in [0.15, 0.2) is 5.96 Å². The summed E-state index contributed by atoms with van der Waals surface area (Å²) in [7, 11) is 1.86. The van der Waals surface area contributed by atoms with Crippen LogP contribution in [0.2, 0.25) is 0 Å². The first-order valence-corrected chi connectivity index (χ1v) is 10.2. The predicted molar refractivity (Wildman–Crippen MR) is 119 cm³/mol. The van der Waals surface area contributed by atoms with E-state index in [0.717, 1.165) is 42.2 Å². The second-order valence-electron chi connectivity index (χ2n) is 6.01. The molecule has 0 aliphatic carbocycles. The van der Waals surface area contributed by atoms with Gasteiger partial charge >= 0.3 is 0 Å². The molecule has 0 radical (unpaired) electrons. The van der Waals surface area contributed by atoms with Gasteiger partial charge in [0.1, 0.15) is 5.01 Å². The van der Waals surface area contributed by atoms with Crippen molar-refractivity contribution in [2.75, 3.05) is 25.9 Å². The summed E-state index contributed by atoms with van der Waals surface area (Å²) in [4.78, 5) is 12.7. The third-order valence-corrected chi connectivity index (χ3v) is 6.30. The standard InChI is InChI=1S/C18H24N4S2.HI/c1-14-12-24-17(21-14)10-20-18(19-2)22-9-8-15(11-22)13-23-16-6-4-3-5-7-16;/h3-7,12,15H,8-11,13H2,1-2H3,(H,19,20);1H. The fraction of sp³-hybridized carbons (Fsp3) is 0.444. The number of nitrogens with one attached hydrogen (secondary N) is 1. The zero-order valence-electron chi connectivity index (χ0n) is 14.6. The molecule has 1 aliphatic rings. The van der Waals surface area contributed by atoms with Crippen molar-refractivity contribution in [1.29, 1.82) is 0 Å². The van der Waals surface area contributed by atoms with E-state index in [2.05, 4.69) is 55.9 Å². The summed E-state index contributed by atoms with van der Waals surface area (Å²) in [6, 6.07) is 10.7. The SMILES string of the molecule is CN=C(NCc1nc(C)cs1)N1CCC(CSc2ccccc2)C1.I. The number of aromatic nitrogens is 1. The van der Waals surface area contributed by atoms with Crippen molar-refractivity contribution in [3.8, 4) is 0 Å². The van der Waals surface area contributed by atoms with Crippen molar-refractivity contribution >= 4 is 53.0 Å². The van der Waals surface area contributed by atoms with Crippen LogP contribution in [0.1, 0.15) is 17.1 Å². The first-order valence-electron chi connectivity index (χ1n) is 8.29. The fourth-order valence-electron chi connectivity index (χ4n) is 2.86. The third kappa shape index (κ3) is 6.14. The summed E-state index contributed by atoms with van der Waals surface area (Å²) < 4.78 is 0. The van der Waals surface area contributed by atoms with Gasteiger partial charge < -0.3 is 10.2 Å². The van der Waals surface area contributed by atoms with Gasteiger partial charge in [-0.3, -0.25) is 4.99 Å². The minimum Gasteiger partial charge on any atom is -0.350 e. The van der Waals surface area contributed by atoms with Crippen LogP contribution >= 0.6 is 47.1 Å². The number of likely N-dealkylation sites (tertiary alicyclic amines) is 1. The number of thiazole rings is 1. The summed E-state index contributed by atoms with van der Waals surface area (Å²) in [5.41, 5.74) is 1.09. The highest BCUT2D eigenvalue weighted by molar-refractivity contribution is 14.0. The molecule has 2 aromatic rings. The summed E-state index contributed by atoms with van der Waals surface area (Å²) in [5.74, 6) is 2.88. The molecule has 1 fully saturated rings. The van der Waals surface area contributed by atoms with Gasteiger partial charge in [-0.1, -0.05) is 18.2 Å². The van der Waals surface area contributed by atoms with E-state index < -0.39 is 0 Å². The maximum Gasteiger partial charge on any atom is 0.194 e. The van der Waals surface area contributed by atoms with Crippen LogP contribution in [0.4, 0.5) is 0 Å². The van der Waals surface area contributed by atoms with E-state index in [1.807, 2.05) is 25.7 Å². The molecule has 4 nitrogen and oxygen atoms in total. The monoisotopic (exact) mass is 488 g/mol. The summed E-state index contributed by atoms with van der Waals surface area (Å²) in [6.45, 7) is 4.95. The predicted octanol–water partition coefficient (Wildman–Crippen LogP) is 4.26. The number of benzene rings is 1. The maximum atomic E-state index is 4.50. The van der Waals surface area contributed by atoms with E-state index in [9.17, 15) is 0 Å². The highest BCUT2D eigenvalue weighted by Gasteiger charge is 2.24. The Hall–Kier alpha value is -0.800. The van der Waals surface area contributed by atoms with E-state index in [0.29, 0.717) is 0 Å². The van der Waals surface area contributed by atoms with Gasteiger partial charge in [0.2, 0.25) is 0 Å². The third-order valence-electron chi connectivity index (χ3n) is 4.09. The fourth-order valence-corrected chi connectivity index (χ4v) is 4.62. The van der Waals surface area contributed by atoms with Crippen LogP contribution in [0.5, 0.6) is 0 Å². The number of aliphatic imine (C=N–C) groups is 1. The Bertz CT molecular complexity index is 675. The lowest BCUT2D eigenvalue weighted by atomic mass is 10.2. The van der Waals surface area contributed by atoms with E-state index in [1.54, 1.807) is 11.3 Å². The maximum absolute atomic E-state index is 4.50. The summed E-state index contributed by atoms with van der Waals surface area (Å²) in [6.07, 6.45) is 1.23. The van der Waals surface area contributed by atoms with Crippen LogP contribution < -0.4 is 5.32 Å². The smallest absolute Gasteiger partial charge is 0.194 e. The molecule has 25 heavy (non-hydrogen) atoms. The number of halogens is 1. The van der Waals surface area contributed by atoms with Gasteiger partial charge in [0, 0.05) is 41.9 Å². The van der Waals surface area contributed by atoms with Crippen molar-refractivity contribution in [3.63, 3.8) is 0 Å². The zero-order chi connectivity index (χ0) is 16.8. The first kappa shape index (κ1) is 20.5. The van der Waals surface area contributed by atoms with Crippen molar-refractivity contribution in [1.82, 2.24) is 15.2 Å². The number of rotatable bonds is 5. The van der Waals surface area contributed by atoms with Crippen LogP contribution in [0.25, 0.3) is 0 Å². The highest BCUT2D eigenvalue weighted by Crippen LogP contribution is 2.25. The molecule has 1 aliphatic heterocycles. The number of nitrogens with zero attached hydrogens (tertiary/aromatic N) is 3. The molecular formula is C18H25IN4S2. The molecule has 1 saturated heterocycles. The molecule has 1 aromatic carbocycles. The molecule has 0 amide bonds. The molecule has 0 saturated carbocycles. The second-order valence-corrected chi connectivity index (χ2v) is 8.04. The lowest BCUT2D eigenvalue weighted by Gasteiger charge is -2.21. The number of thioether (sulfide) groups is 1. The van der Waals surface area contributed by atoms with E-state index in [4.69, 9.17) is 0 Å². The molecule has 1 unspecified atom stereocenters. The second kappa shape index (κ2) is 10.4. The lowest BCUT2D eigenvalue weighted by Crippen LogP contribution is -2.39. The van der Waals surface area contributed by atoms with Crippen molar-refractivity contribution in [2.45, 2.75) is 24.8 Å². The van der Waals surface area contributed by atoms with Gasteiger partial charge in [-0.15, -0.1) is 47.1 Å². The quantitative estimate of drug-likeness (QED) is 0.296. The van der Waals surface area contributed by atoms with Crippen LogP contribution in [0, 0.1) is 12.8 Å². The summed E-state index contributed by atoms with van der Waals surface area (Å²) in [5, 5.41) is 6.66. The largest absolute Gasteiger partial charge is 0.350 e. The van der Waals surface area contributed by atoms with Crippen LogP contribution in [-0.2, 0) is 6.54 Å². The van der Waals surface area contributed by atoms with Crippen molar-refractivity contribution in [2.24, 2.45) is 10.9 Å². The number of aryl methyl sites for hydroxylation is 1. The molecule has 136 valence electrons. The molecule has 3 rings (SSSR count). The molecular weight excluding hydrogens is 463 g/mol. The Morgan fingerprint density at radius 3 is 2.88 bits per heavy atom. The van der Waals surface area contributed by atoms with E-state index >= 15 is 0 Å². The Labute approximate surface area is 175 Å². The molecule has 1 atom stereocenters. The molecule has 1 N–H and O–H groups in total. The van der Waals surface area contributed by atoms with Gasteiger partial charge in [-0.05, 0) is 31.4 Å². The normalized spacial score (nSPS) is 17.4. The van der Waals surface area contributed by atoms with Crippen LogP contribution in [0.15, 0.2) is 45.6 Å². The average molecular weight is 488 g/mol. The van der Waals surface area contributed by atoms with Crippen molar-refractivity contribution < 1.29 is 0 Å².